The molecule has 4 aromatic rings. The molecular formula is C26H27ClN4OS2. The first-order valence-electron chi connectivity index (χ1n) is 11.1. The molecule has 8 heteroatoms. The number of carbonyl (C=O) groups is 1. The van der Waals surface area contributed by atoms with E-state index in [1.165, 1.54) is 15.1 Å². The molecule has 0 spiro atoms. The highest BCUT2D eigenvalue weighted by molar-refractivity contribution is 7.18. The fourth-order valence-corrected chi connectivity index (χ4v) is 5.50. The van der Waals surface area contributed by atoms with Crippen LogP contribution in [0.25, 0.3) is 10.2 Å². The predicted octanol–water partition coefficient (Wildman–Crippen LogP) is 6.99. The van der Waals surface area contributed by atoms with Gasteiger partial charge >= 0.3 is 0 Å². The summed E-state index contributed by atoms with van der Waals surface area (Å²) in [5.74, 6) is -0.0265. The van der Waals surface area contributed by atoms with E-state index in [0.29, 0.717) is 11.6 Å². The number of hydrogen-bond donors (Lipinski definition) is 3. The highest BCUT2D eigenvalue weighted by Crippen LogP contribution is 2.33. The van der Waals surface area contributed by atoms with Crippen LogP contribution in [0.5, 0.6) is 0 Å². The zero-order valence-electron chi connectivity index (χ0n) is 18.9. The summed E-state index contributed by atoms with van der Waals surface area (Å²) in [5.41, 5.74) is 10.7. The standard InChI is InChI=1S/C13H11ClN2S2.C13H16N2O/c1-8-7-18-13-10(5-11(14)16-12(8)13)15-6-9-3-2-4-17-9;14-11-6-4-5-10(9-11)13(16)15-12-7-2-1-3-8-12/h2-5,7H,6H2,1H3,(H,15,16);1-3,5,7-8,11H,4,6,9,14H2,(H,15,16). The minimum Gasteiger partial charge on any atom is -0.379 e. The number of pyridine rings is 1. The van der Waals surface area contributed by atoms with Crippen molar-refractivity contribution in [1.82, 2.24) is 4.98 Å². The topological polar surface area (TPSA) is 80.0 Å². The highest BCUT2D eigenvalue weighted by atomic mass is 35.5. The Hall–Kier alpha value is -2.71. The molecule has 1 atom stereocenters. The molecule has 34 heavy (non-hydrogen) atoms. The number of nitrogens with one attached hydrogen (secondary N) is 2. The molecule has 176 valence electrons. The van der Waals surface area contributed by atoms with Gasteiger partial charge in [-0.05, 0) is 60.7 Å². The molecule has 0 saturated heterocycles. The number of para-hydroxylation sites is 1. The van der Waals surface area contributed by atoms with Crippen LogP contribution < -0.4 is 16.4 Å². The molecule has 4 N–H and O–H groups in total. The van der Waals surface area contributed by atoms with Gasteiger partial charge in [0.05, 0.1) is 15.9 Å². The lowest BCUT2D eigenvalue weighted by Gasteiger charge is -2.18. The van der Waals surface area contributed by atoms with Gasteiger partial charge in [-0.25, -0.2) is 4.98 Å². The number of anilines is 2. The van der Waals surface area contributed by atoms with Gasteiger partial charge in [0.15, 0.2) is 0 Å². The van der Waals surface area contributed by atoms with E-state index < -0.39 is 0 Å². The van der Waals surface area contributed by atoms with E-state index in [0.717, 1.165) is 41.9 Å². The number of nitrogens with zero attached hydrogens (tertiary/aromatic N) is 1. The monoisotopic (exact) mass is 510 g/mol. The smallest absolute Gasteiger partial charge is 0.251 e. The van der Waals surface area contributed by atoms with Crippen molar-refractivity contribution in [3.8, 4) is 0 Å². The van der Waals surface area contributed by atoms with Crippen LogP contribution in [0.4, 0.5) is 11.4 Å². The third-order valence-corrected chi connectivity index (χ3v) is 7.63. The number of fused-ring (bicyclic) bond motifs is 1. The molecule has 1 amide bonds. The lowest BCUT2D eigenvalue weighted by Crippen LogP contribution is -2.27. The maximum Gasteiger partial charge on any atom is 0.251 e. The Balaban J connectivity index is 0.000000162. The lowest BCUT2D eigenvalue weighted by molar-refractivity contribution is -0.113. The van der Waals surface area contributed by atoms with Gasteiger partial charge in [0.1, 0.15) is 5.15 Å². The number of nitrogens with two attached hydrogens (primary N) is 1. The number of benzene rings is 1. The van der Waals surface area contributed by atoms with Crippen molar-refractivity contribution in [2.45, 2.75) is 38.8 Å². The van der Waals surface area contributed by atoms with Crippen molar-refractivity contribution < 1.29 is 4.79 Å². The van der Waals surface area contributed by atoms with Crippen LogP contribution >= 0.6 is 34.3 Å². The fourth-order valence-electron chi connectivity index (χ4n) is 3.68. The largest absolute Gasteiger partial charge is 0.379 e. The Morgan fingerprint density at radius 2 is 2.03 bits per heavy atom. The van der Waals surface area contributed by atoms with E-state index in [2.05, 4.69) is 45.4 Å². The fraction of sp³-hybridized carbons (Fsp3) is 0.231. The zero-order chi connectivity index (χ0) is 23.9. The molecule has 0 bridgehead atoms. The van der Waals surface area contributed by atoms with Crippen LogP contribution in [-0.4, -0.2) is 16.9 Å². The van der Waals surface area contributed by atoms with E-state index in [9.17, 15) is 4.79 Å². The molecule has 5 nitrogen and oxygen atoms in total. The number of aromatic nitrogens is 1. The summed E-state index contributed by atoms with van der Waals surface area (Å²) in [4.78, 5) is 17.6. The molecule has 5 rings (SSSR count). The van der Waals surface area contributed by atoms with Crippen molar-refractivity contribution in [3.05, 3.63) is 86.5 Å². The van der Waals surface area contributed by atoms with Crippen LogP contribution in [0.2, 0.25) is 5.15 Å². The first kappa shape index (κ1) is 24.4. The molecule has 3 aromatic heterocycles. The van der Waals surface area contributed by atoms with Gasteiger partial charge in [-0.2, -0.15) is 0 Å². The van der Waals surface area contributed by atoms with Gasteiger partial charge in [-0.3, -0.25) is 4.79 Å². The third kappa shape index (κ3) is 6.45. The molecule has 0 fully saturated rings. The number of aryl methyl sites for hydroxylation is 1. The summed E-state index contributed by atoms with van der Waals surface area (Å²) >= 11 is 9.52. The van der Waals surface area contributed by atoms with Crippen molar-refractivity contribution in [3.63, 3.8) is 0 Å². The van der Waals surface area contributed by atoms with Crippen molar-refractivity contribution in [2.75, 3.05) is 10.6 Å². The maximum atomic E-state index is 11.9. The predicted molar refractivity (Wildman–Crippen MR) is 146 cm³/mol. The number of thiophene rings is 2. The number of amides is 1. The maximum absolute atomic E-state index is 11.9. The lowest BCUT2D eigenvalue weighted by atomic mass is 9.95. The van der Waals surface area contributed by atoms with Crippen LogP contribution in [0.3, 0.4) is 0 Å². The number of carbonyl (C=O) groups excluding carboxylic acids is 1. The van der Waals surface area contributed by atoms with E-state index in [4.69, 9.17) is 17.3 Å². The molecule has 3 heterocycles. The zero-order valence-corrected chi connectivity index (χ0v) is 21.3. The van der Waals surface area contributed by atoms with E-state index in [1.54, 1.807) is 22.7 Å². The van der Waals surface area contributed by atoms with Gasteiger partial charge in [-0.15, -0.1) is 22.7 Å². The normalized spacial score (nSPS) is 15.3. The summed E-state index contributed by atoms with van der Waals surface area (Å²) in [6, 6.07) is 15.7. The number of allylic oxidation sites excluding steroid dienone is 1. The molecular weight excluding hydrogens is 484 g/mol. The first-order chi connectivity index (χ1) is 16.5. The van der Waals surface area contributed by atoms with Crippen LogP contribution in [0, 0.1) is 6.92 Å². The Kier molecular flexibility index (Phi) is 8.34. The molecule has 1 aromatic carbocycles. The number of halogens is 1. The van der Waals surface area contributed by atoms with E-state index in [-0.39, 0.29) is 11.9 Å². The third-order valence-electron chi connectivity index (χ3n) is 5.44. The van der Waals surface area contributed by atoms with Crippen molar-refractivity contribution in [1.29, 1.82) is 0 Å². The number of hydrogen-bond acceptors (Lipinski definition) is 6. The number of rotatable bonds is 5. The summed E-state index contributed by atoms with van der Waals surface area (Å²) < 4.78 is 1.17. The Morgan fingerprint density at radius 3 is 2.76 bits per heavy atom. The van der Waals surface area contributed by atoms with Crippen molar-refractivity contribution >= 4 is 61.8 Å². The van der Waals surface area contributed by atoms with E-state index in [1.807, 2.05) is 42.5 Å². The molecule has 0 saturated carbocycles. The molecule has 0 radical (unpaired) electrons. The van der Waals surface area contributed by atoms with Crippen LogP contribution in [-0.2, 0) is 11.3 Å². The summed E-state index contributed by atoms with van der Waals surface area (Å²) in [6.07, 6.45) is 4.54. The minimum atomic E-state index is -0.0265. The average molecular weight is 511 g/mol. The van der Waals surface area contributed by atoms with Crippen LogP contribution in [0.1, 0.15) is 29.7 Å². The van der Waals surface area contributed by atoms with Gasteiger partial charge < -0.3 is 16.4 Å². The quantitative estimate of drug-likeness (QED) is 0.253. The van der Waals surface area contributed by atoms with Gasteiger partial charge in [0, 0.05) is 34.8 Å². The highest BCUT2D eigenvalue weighted by Gasteiger charge is 2.17. The summed E-state index contributed by atoms with van der Waals surface area (Å²) in [5, 5.41) is 11.0. The second kappa shape index (κ2) is 11.6. The van der Waals surface area contributed by atoms with Crippen LogP contribution in [0.15, 0.2) is 70.9 Å². The Labute approximate surface area is 212 Å². The molecule has 1 aliphatic rings. The second-order valence-corrected chi connectivity index (χ2v) is 10.4. The Morgan fingerprint density at radius 1 is 1.21 bits per heavy atom. The van der Waals surface area contributed by atoms with Gasteiger partial charge in [0.2, 0.25) is 0 Å². The summed E-state index contributed by atoms with van der Waals surface area (Å²) in [7, 11) is 0. The molecule has 1 aliphatic carbocycles. The first-order valence-corrected chi connectivity index (χ1v) is 13.2. The molecule has 0 aliphatic heterocycles. The summed E-state index contributed by atoms with van der Waals surface area (Å²) in [6.45, 7) is 2.88. The second-order valence-electron chi connectivity index (χ2n) is 8.11. The van der Waals surface area contributed by atoms with Gasteiger partial charge in [0.25, 0.3) is 5.91 Å². The average Bonchev–Trinajstić information content (AvgIpc) is 3.49. The van der Waals surface area contributed by atoms with E-state index >= 15 is 0 Å². The minimum absolute atomic E-state index is 0.0265. The SMILES string of the molecule is Cc1csc2c(NCc3cccs3)cc(Cl)nc12.NC1CCC=C(C(=O)Nc2ccccc2)C1. The van der Waals surface area contributed by atoms with Gasteiger partial charge in [-0.1, -0.05) is 41.9 Å². The Bertz CT molecular complexity index is 1270. The van der Waals surface area contributed by atoms with Crippen molar-refractivity contribution in [2.24, 2.45) is 5.73 Å². The molecule has 1 unspecified atom stereocenters.